The van der Waals surface area contributed by atoms with Crippen molar-refractivity contribution in [3.8, 4) is 0 Å². The van der Waals surface area contributed by atoms with Gasteiger partial charge in [-0.25, -0.2) is 13.6 Å². The van der Waals surface area contributed by atoms with Gasteiger partial charge in [0.2, 0.25) is 10.0 Å². The standard InChI is InChI=1S/C16H14ClN3O5S3/c1-25-15(22)8-20-11-4-3-10(28(18,23)24)7-12(11)27-16(20)19-14(21)6-9-2-5-13(17)26-9/h2-5,7H,6,8H2,1H3,(H2,18,23,24). The lowest BCUT2D eigenvalue weighted by Crippen LogP contribution is -2.22. The molecule has 8 nitrogen and oxygen atoms in total. The van der Waals surface area contributed by atoms with Crippen LogP contribution in [-0.2, 0) is 37.3 Å². The van der Waals surface area contributed by atoms with Crippen LogP contribution >= 0.6 is 34.3 Å². The minimum absolute atomic E-state index is 0.0618. The topological polar surface area (TPSA) is 121 Å². The zero-order chi connectivity index (χ0) is 20.5. The van der Waals surface area contributed by atoms with Gasteiger partial charge in [0.15, 0.2) is 4.80 Å². The predicted molar refractivity (Wildman–Crippen MR) is 107 cm³/mol. The Morgan fingerprint density at radius 1 is 1.25 bits per heavy atom. The van der Waals surface area contributed by atoms with Gasteiger partial charge in [-0.1, -0.05) is 22.9 Å². The number of nitrogens with zero attached hydrogens (tertiary/aromatic N) is 2. The molecule has 148 valence electrons. The normalized spacial score (nSPS) is 12.5. The fourth-order valence-electron chi connectivity index (χ4n) is 2.40. The molecule has 28 heavy (non-hydrogen) atoms. The molecule has 0 aliphatic heterocycles. The fourth-order valence-corrected chi connectivity index (χ4v) is 5.18. The monoisotopic (exact) mass is 459 g/mol. The second-order valence-electron chi connectivity index (χ2n) is 5.61. The van der Waals surface area contributed by atoms with Gasteiger partial charge in [0, 0.05) is 4.88 Å². The molecule has 3 rings (SSSR count). The minimum atomic E-state index is -3.89. The van der Waals surface area contributed by atoms with Gasteiger partial charge in [0.25, 0.3) is 5.91 Å². The van der Waals surface area contributed by atoms with Crippen molar-refractivity contribution in [1.82, 2.24) is 4.57 Å². The number of amides is 1. The summed E-state index contributed by atoms with van der Waals surface area (Å²) in [4.78, 5) is 29.2. The van der Waals surface area contributed by atoms with E-state index in [0.29, 0.717) is 14.6 Å². The van der Waals surface area contributed by atoms with Crippen molar-refractivity contribution in [3.05, 3.63) is 44.3 Å². The Hall–Kier alpha value is -2.05. The van der Waals surface area contributed by atoms with Crippen molar-refractivity contribution in [3.63, 3.8) is 0 Å². The van der Waals surface area contributed by atoms with Crippen molar-refractivity contribution in [2.24, 2.45) is 10.1 Å². The van der Waals surface area contributed by atoms with Crippen LogP contribution in [0.3, 0.4) is 0 Å². The van der Waals surface area contributed by atoms with Gasteiger partial charge in [-0.15, -0.1) is 11.3 Å². The largest absolute Gasteiger partial charge is 0.468 e. The maximum atomic E-state index is 12.4. The zero-order valence-corrected chi connectivity index (χ0v) is 17.6. The number of esters is 1. The van der Waals surface area contributed by atoms with E-state index in [4.69, 9.17) is 21.5 Å². The van der Waals surface area contributed by atoms with Gasteiger partial charge in [-0.2, -0.15) is 4.99 Å². The third-order valence-corrected chi connectivity index (χ3v) is 6.86. The Morgan fingerprint density at radius 3 is 2.61 bits per heavy atom. The second kappa shape index (κ2) is 8.13. The number of hydrogen-bond acceptors (Lipinski definition) is 7. The van der Waals surface area contributed by atoms with Crippen molar-refractivity contribution in [2.45, 2.75) is 17.9 Å². The highest BCUT2D eigenvalue weighted by molar-refractivity contribution is 7.89. The Bertz CT molecular complexity index is 1240. The van der Waals surface area contributed by atoms with E-state index < -0.39 is 21.9 Å². The van der Waals surface area contributed by atoms with E-state index in [0.717, 1.165) is 16.2 Å². The maximum Gasteiger partial charge on any atom is 0.325 e. The molecule has 2 aromatic heterocycles. The van der Waals surface area contributed by atoms with Crippen molar-refractivity contribution in [2.75, 3.05) is 7.11 Å². The molecule has 0 spiro atoms. The maximum absolute atomic E-state index is 12.4. The smallest absolute Gasteiger partial charge is 0.325 e. The molecule has 0 fully saturated rings. The van der Waals surface area contributed by atoms with E-state index in [1.54, 1.807) is 12.1 Å². The Morgan fingerprint density at radius 2 is 2.00 bits per heavy atom. The molecule has 2 heterocycles. The molecule has 3 aromatic rings. The number of aromatic nitrogens is 1. The molecule has 0 aliphatic carbocycles. The van der Waals surface area contributed by atoms with Crippen LogP contribution in [0.5, 0.6) is 0 Å². The van der Waals surface area contributed by atoms with Crippen LogP contribution in [0.2, 0.25) is 4.34 Å². The summed E-state index contributed by atoms with van der Waals surface area (Å²) in [7, 11) is -2.64. The number of ether oxygens (including phenoxy) is 1. The SMILES string of the molecule is COC(=O)Cn1c(=NC(=O)Cc2ccc(Cl)s2)sc2cc(S(N)(=O)=O)ccc21. The summed E-state index contributed by atoms with van der Waals surface area (Å²) in [6.45, 7) is -0.178. The molecular weight excluding hydrogens is 446 g/mol. The fraction of sp³-hybridized carbons (Fsp3) is 0.188. The Labute approximate surface area is 172 Å². The first-order valence-electron chi connectivity index (χ1n) is 7.72. The third-order valence-electron chi connectivity index (χ3n) is 3.67. The first-order chi connectivity index (χ1) is 13.2. The van der Waals surface area contributed by atoms with E-state index in [2.05, 4.69) is 4.99 Å². The Kier molecular flexibility index (Phi) is 6.01. The molecule has 2 N–H and O–H groups in total. The van der Waals surface area contributed by atoms with E-state index >= 15 is 0 Å². The predicted octanol–water partition coefficient (Wildman–Crippen LogP) is 1.91. The van der Waals surface area contributed by atoms with Crippen LogP contribution < -0.4 is 9.94 Å². The summed E-state index contributed by atoms with van der Waals surface area (Å²) < 4.78 is 30.5. The highest BCUT2D eigenvalue weighted by Gasteiger charge is 2.15. The first kappa shape index (κ1) is 20.7. The summed E-state index contributed by atoms with van der Waals surface area (Å²) in [5.74, 6) is -0.954. The summed E-state index contributed by atoms with van der Waals surface area (Å²) in [6.07, 6.45) is 0.0618. The van der Waals surface area contributed by atoms with E-state index in [1.807, 2.05) is 0 Å². The number of carbonyl (C=O) groups is 2. The van der Waals surface area contributed by atoms with Gasteiger partial charge < -0.3 is 9.30 Å². The highest BCUT2D eigenvalue weighted by atomic mass is 35.5. The van der Waals surface area contributed by atoms with Gasteiger partial charge in [-0.3, -0.25) is 9.59 Å². The number of fused-ring (bicyclic) bond motifs is 1. The number of rotatable bonds is 5. The van der Waals surface area contributed by atoms with Gasteiger partial charge in [0.1, 0.15) is 6.54 Å². The van der Waals surface area contributed by atoms with Gasteiger partial charge >= 0.3 is 5.97 Å². The summed E-state index contributed by atoms with van der Waals surface area (Å²) in [5.41, 5.74) is 0.536. The zero-order valence-electron chi connectivity index (χ0n) is 14.4. The number of thiophene rings is 1. The molecule has 1 amide bonds. The Balaban J connectivity index is 2.09. The molecule has 0 unspecified atom stereocenters. The van der Waals surface area contributed by atoms with Crippen LogP contribution in [0.4, 0.5) is 0 Å². The summed E-state index contributed by atoms with van der Waals surface area (Å²) in [5, 5.41) is 5.17. The molecule has 0 saturated carbocycles. The molecule has 0 saturated heterocycles. The average molecular weight is 460 g/mol. The van der Waals surface area contributed by atoms with E-state index in [9.17, 15) is 18.0 Å². The summed E-state index contributed by atoms with van der Waals surface area (Å²) >= 11 is 8.23. The van der Waals surface area contributed by atoms with Crippen LogP contribution in [0.25, 0.3) is 10.2 Å². The quantitative estimate of drug-likeness (QED) is 0.584. The molecule has 0 bridgehead atoms. The van der Waals surface area contributed by atoms with Crippen LogP contribution in [0, 0.1) is 0 Å². The van der Waals surface area contributed by atoms with Crippen molar-refractivity contribution >= 4 is 66.4 Å². The lowest BCUT2D eigenvalue weighted by Gasteiger charge is -2.04. The number of carbonyl (C=O) groups excluding carboxylic acids is 2. The van der Waals surface area contributed by atoms with Crippen molar-refractivity contribution < 1.29 is 22.7 Å². The molecular formula is C16H14ClN3O5S3. The number of primary sulfonamides is 1. The van der Waals surface area contributed by atoms with Crippen LogP contribution in [-0.4, -0.2) is 32.0 Å². The number of nitrogens with two attached hydrogens (primary N) is 1. The molecule has 0 aliphatic rings. The lowest BCUT2D eigenvalue weighted by molar-refractivity contribution is -0.141. The van der Waals surface area contributed by atoms with E-state index in [1.165, 1.54) is 41.2 Å². The highest BCUT2D eigenvalue weighted by Crippen LogP contribution is 2.23. The first-order valence-corrected chi connectivity index (χ1v) is 11.3. The number of halogens is 1. The minimum Gasteiger partial charge on any atom is -0.468 e. The van der Waals surface area contributed by atoms with Gasteiger partial charge in [-0.05, 0) is 30.3 Å². The number of hydrogen-bond donors (Lipinski definition) is 1. The number of sulfonamides is 1. The number of thiazole rings is 1. The molecule has 1 aromatic carbocycles. The van der Waals surface area contributed by atoms with Crippen LogP contribution in [0.1, 0.15) is 4.88 Å². The van der Waals surface area contributed by atoms with Crippen LogP contribution in [0.15, 0.2) is 40.2 Å². The number of methoxy groups -OCH3 is 1. The second-order valence-corrected chi connectivity index (χ2v) is 9.98. The molecule has 0 atom stereocenters. The lowest BCUT2D eigenvalue weighted by atomic mass is 10.3. The van der Waals surface area contributed by atoms with Crippen molar-refractivity contribution in [1.29, 1.82) is 0 Å². The van der Waals surface area contributed by atoms with Gasteiger partial charge in [0.05, 0.1) is 33.0 Å². The third kappa shape index (κ3) is 4.67. The van der Waals surface area contributed by atoms with E-state index in [-0.39, 0.29) is 22.7 Å². The summed E-state index contributed by atoms with van der Waals surface area (Å²) in [6, 6.07) is 7.66. The molecule has 12 heteroatoms. The molecule has 0 radical (unpaired) electrons. The average Bonchev–Trinajstić information content (AvgIpc) is 3.17. The number of benzene rings is 1.